The van der Waals surface area contributed by atoms with E-state index in [1.165, 1.54) is 11.8 Å². The Morgan fingerprint density at radius 3 is 2.17 bits per heavy atom. The monoisotopic (exact) mass is 532 g/mol. The minimum Gasteiger partial charge on any atom is -0.378 e. The highest BCUT2D eigenvalue weighted by atomic mass is 32.2. The summed E-state index contributed by atoms with van der Waals surface area (Å²) >= 11 is 3.27. The van der Waals surface area contributed by atoms with Crippen molar-refractivity contribution in [3.8, 4) is 0 Å². The molecule has 0 aliphatic carbocycles. The molecule has 35 heavy (non-hydrogen) atoms. The Balaban J connectivity index is 1.66. The molecule has 186 valence electrons. The fourth-order valence-electron chi connectivity index (χ4n) is 2.68. The van der Waals surface area contributed by atoms with Crippen LogP contribution in [-0.2, 0) is 11.2 Å². The zero-order valence-corrected chi connectivity index (χ0v) is 21.3. The first kappa shape index (κ1) is 28.6. The van der Waals surface area contributed by atoms with Gasteiger partial charge in [0.05, 0.1) is 10.1 Å². The van der Waals surface area contributed by atoms with Crippen LogP contribution in [0.5, 0.6) is 0 Å². The van der Waals surface area contributed by atoms with Crippen LogP contribution in [0.25, 0.3) is 0 Å². The molecule has 0 heterocycles. The van der Waals surface area contributed by atoms with E-state index < -0.39 is 18.2 Å². The standard InChI is InChI=1S/C23H28N6O3S3/c24-17(34-22(26)28-19(30)13-15-7-3-1-4-8-15)11-12-33-14-18(25)35-23(27)29-21(32)20(31)16-9-5-2-6-10-16/h1-10,19-20,24-25,30-31H,11-14H2,(H2,26,28)(H2,27,29,32). The van der Waals surface area contributed by atoms with Gasteiger partial charge in [0.2, 0.25) is 0 Å². The van der Waals surface area contributed by atoms with Crippen molar-refractivity contribution in [1.82, 2.24) is 0 Å². The highest BCUT2D eigenvalue weighted by molar-refractivity contribution is 8.27. The highest BCUT2D eigenvalue weighted by Crippen LogP contribution is 2.17. The van der Waals surface area contributed by atoms with Crippen molar-refractivity contribution < 1.29 is 15.0 Å². The lowest BCUT2D eigenvalue weighted by molar-refractivity contribution is -0.126. The van der Waals surface area contributed by atoms with Gasteiger partial charge in [0.25, 0.3) is 5.91 Å². The van der Waals surface area contributed by atoms with Gasteiger partial charge in [-0.05, 0) is 40.4 Å². The molecule has 2 aromatic rings. The summed E-state index contributed by atoms with van der Waals surface area (Å²) in [5.74, 6) is 0.102. The number of nitrogens with zero attached hydrogens (tertiary/aromatic N) is 2. The Hall–Kier alpha value is -2.64. The number of rotatable bonds is 10. The minimum atomic E-state index is -1.40. The van der Waals surface area contributed by atoms with Crippen molar-refractivity contribution in [3.05, 3.63) is 71.8 Å². The third-order valence-electron chi connectivity index (χ3n) is 4.27. The van der Waals surface area contributed by atoms with Gasteiger partial charge in [-0.1, -0.05) is 60.7 Å². The van der Waals surface area contributed by atoms with E-state index in [2.05, 4.69) is 9.98 Å². The Bertz CT molecular complexity index is 1050. The van der Waals surface area contributed by atoms with E-state index in [9.17, 15) is 15.0 Å². The van der Waals surface area contributed by atoms with E-state index in [-0.39, 0.29) is 15.4 Å². The third kappa shape index (κ3) is 11.6. The van der Waals surface area contributed by atoms with Crippen LogP contribution < -0.4 is 11.5 Å². The molecule has 0 spiro atoms. The molecule has 8 N–H and O–H groups in total. The molecule has 2 rings (SSSR count). The van der Waals surface area contributed by atoms with Gasteiger partial charge in [-0.15, -0.1) is 0 Å². The Labute approximate surface area is 216 Å². The van der Waals surface area contributed by atoms with Gasteiger partial charge in [-0.25, -0.2) is 4.99 Å². The first-order valence-electron chi connectivity index (χ1n) is 10.5. The van der Waals surface area contributed by atoms with E-state index >= 15 is 0 Å². The summed E-state index contributed by atoms with van der Waals surface area (Å²) in [5, 5.41) is 36.6. The second kappa shape index (κ2) is 15.4. The molecule has 2 atom stereocenters. The number of amidine groups is 2. The fourth-order valence-corrected chi connectivity index (χ4v) is 4.99. The summed E-state index contributed by atoms with van der Waals surface area (Å²) < 4.78 is 0. The lowest BCUT2D eigenvalue weighted by Gasteiger charge is -2.08. The minimum absolute atomic E-state index is 0.114. The Morgan fingerprint density at radius 2 is 1.51 bits per heavy atom. The largest absolute Gasteiger partial charge is 0.378 e. The molecule has 2 unspecified atom stereocenters. The van der Waals surface area contributed by atoms with Crippen molar-refractivity contribution in [2.75, 3.05) is 11.5 Å². The van der Waals surface area contributed by atoms with Gasteiger partial charge in [0.15, 0.2) is 22.7 Å². The van der Waals surface area contributed by atoms with E-state index in [1.807, 2.05) is 30.3 Å². The van der Waals surface area contributed by atoms with Crippen molar-refractivity contribution >= 4 is 61.6 Å². The summed E-state index contributed by atoms with van der Waals surface area (Å²) in [7, 11) is 0. The molecule has 0 radical (unpaired) electrons. The first-order chi connectivity index (χ1) is 16.7. The van der Waals surface area contributed by atoms with Gasteiger partial charge in [-0.2, -0.15) is 16.8 Å². The maximum Gasteiger partial charge on any atom is 0.281 e. The van der Waals surface area contributed by atoms with Crippen LogP contribution in [0, 0.1) is 10.8 Å². The SMILES string of the molecule is N=C(CSCCC(=N)SC(N)=NC(O)Cc1ccccc1)SC(N)=NC(=O)C(O)c1ccccc1. The number of carbonyl (C=O) groups excluding carboxylic acids is 1. The maximum absolute atomic E-state index is 12.0. The zero-order valence-electron chi connectivity index (χ0n) is 18.8. The van der Waals surface area contributed by atoms with Gasteiger partial charge in [-0.3, -0.25) is 15.6 Å². The Kier molecular flexibility index (Phi) is 12.6. The van der Waals surface area contributed by atoms with Gasteiger partial charge < -0.3 is 21.7 Å². The summed E-state index contributed by atoms with van der Waals surface area (Å²) in [5.41, 5.74) is 12.9. The quantitative estimate of drug-likeness (QED) is 0.153. The molecule has 0 fully saturated rings. The first-order valence-corrected chi connectivity index (χ1v) is 13.3. The summed E-state index contributed by atoms with van der Waals surface area (Å²) in [4.78, 5) is 19.7. The van der Waals surface area contributed by atoms with E-state index in [1.54, 1.807) is 30.3 Å². The van der Waals surface area contributed by atoms with Crippen molar-refractivity contribution in [3.63, 3.8) is 0 Å². The van der Waals surface area contributed by atoms with Crippen LogP contribution >= 0.6 is 35.3 Å². The molecule has 12 heteroatoms. The average Bonchev–Trinajstić information content (AvgIpc) is 2.82. The molecule has 2 aromatic carbocycles. The van der Waals surface area contributed by atoms with Gasteiger partial charge in [0.1, 0.15) is 0 Å². The second-order valence-corrected chi connectivity index (χ2v) is 10.4. The predicted molar refractivity (Wildman–Crippen MR) is 148 cm³/mol. The summed E-state index contributed by atoms with van der Waals surface area (Å²) in [6.45, 7) is 0. The number of hydrogen-bond donors (Lipinski definition) is 6. The van der Waals surface area contributed by atoms with Gasteiger partial charge in [0, 0.05) is 18.6 Å². The van der Waals surface area contributed by atoms with Crippen LogP contribution in [-0.4, -0.2) is 54.3 Å². The molecular formula is C23H28N6O3S3. The number of nitrogens with one attached hydrogen (secondary N) is 2. The number of thioether (sulfide) groups is 3. The summed E-state index contributed by atoms with van der Waals surface area (Å²) in [6.07, 6.45) is -1.62. The molecule has 0 aliphatic rings. The van der Waals surface area contributed by atoms with Crippen molar-refractivity contribution in [2.24, 2.45) is 21.5 Å². The topological polar surface area (TPSA) is 182 Å². The molecule has 9 nitrogen and oxygen atoms in total. The molecular weight excluding hydrogens is 504 g/mol. The number of amides is 1. The van der Waals surface area contributed by atoms with Crippen LogP contribution in [0.4, 0.5) is 0 Å². The number of hydrogen-bond acceptors (Lipinski definition) is 9. The molecule has 0 saturated heterocycles. The predicted octanol–water partition coefficient (Wildman–Crippen LogP) is 2.98. The maximum atomic E-state index is 12.0. The molecule has 0 aromatic heterocycles. The molecule has 0 bridgehead atoms. The lowest BCUT2D eigenvalue weighted by Crippen LogP contribution is -2.17. The fraction of sp³-hybridized carbons (Fsp3) is 0.261. The third-order valence-corrected chi connectivity index (χ3v) is 6.89. The summed E-state index contributed by atoms with van der Waals surface area (Å²) in [6, 6.07) is 17.8. The molecule has 1 amide bonds. The average molecular weight is 533 g/mol. The Morgan fingerprint density at radius 1 is 0.914 bits per heavy atom. The molecule has 0 saturated carbocycles. The second-order valence-electron chi connectivity index (χ2n) is 7.09. The number of nitrogens with two attached hydrogens (primary N) is 2. The number of aliphatic hydroxyl groups excluding tert-OH is 2. The number of benzene rings is 2. The van der Waals surface area contributed by atoms with Crippen LogP contribution in [0.1, 0.15) is 23.7 Å². The number of carbonyl (C=O) groups is 1. The lowest BCUT2D eigenvalue weighted by atomic mass is 10.1. The highest BCUT2D eigenvalue weighted by Gasteiger charge is 2.17. The van der Waals surface area contributed by atoms with E-state index in [0.29, 0.717) is 35.0 Å². The van der Waals surface area contributed by atoms with Crippen molar-refractivity contribution in [2.45, 2.75) is 25.2 Å². The van der Waals surface area contributed by atoms with Gasteiger partial charge >= 0.3 is 0 Å². The van der Waals surface area contributed by atoms with E-state index in [4.69, 9.17) is 22.3 Å². The normalized spacial score (nSPS) is 13.8. The van der Waals surface area contributed by atoms with E-state index in [0.717, 1.165) is 29.1 Å². The number of aliphatic imine (C=N–C) groups is 2. The van der Waals surface area contributed by atoms with Crippen molar-refractivity contribution in [1.29, 1.82) is 10.8 Å². The van der Waals surface area contributed by atoms with Crippen LogP contribution in [0.3, 0.4) is 0 Å². The number of aliphatic hydroxyl groups is 2. The van der Waals surface area contributed by atoms with Crippen LogP contribution in [0.15, 0.2) is 70.6 Å². The van der Waals surface area contributed by atoms with Crippen LogP contribution in [0.2, 0.25) is 0 Å². The zero-order chi connectivity index (χ0) is 25.6. The smallest absolute Gasteiger partial charge is 0.281 e. The molecule has 0 aliphatic heterocycles.